The zero-order chi connectivity index (χ0) is 12.5. The van der Waals surface area contributed by atoms with Gasteiger partial charge in [-0.05, 0) is 24.6 Å². The van der Waals surface area contributed by atoms with Gasteiger partial charge in [0, 0.05) is 0 Å². The molecule has 0 atom stereocenters. The van der Waals surface area contributed by atoms with E-state index >= 15 is 0 Å². The molecule has 1 rings (SSSR count). The number of benzene rings is 1. The second-order valence-corrected chi connectivity index (χ2v) is 4.43. The van der Waals surface area contributed by atoms with Crippen molar-refractivity contribution in [3.63, 3.8) is 0 Å². The quantitative estimate of drug-likeness (QED) is 0.666. The van der Waals surface area contributed by atoms with Gasteiger partial charge in [0.2, 0.25) is 0 Å². The van der Waals surface area contributed by atoms with Crippen molar-refractivity contribution in [2.75, 3.05) is 6.61 Å². The minimum absolute atomic E-state index is 0.512. The topological polar surface area (TPSA) is 33.0 Å². The van der Waals surface area contributed by atoms with Gasteiger partial charge < -0.3 is 4.74 Å². The largest absolute Gasteiger partial charge is 0.492 e. The molecular formula is C14H18ClNO. The normalized spacial score (nSPS) is 9.94. The number of nitriles is 1. The molecule has 3 heteroatoms. The van der Waals surface area contributed by atoms with E-state index in [2.05, 4.69) is 6.92 Å². The number of hydrogen-bond donors (Lipinski definition) is 0. The van der Waals surface area contributed by atoms with Crippen LogP contribution in [-0.4, -0.2) is 6.61 Å². The summed E-state index contributed by atoms with van der Waals surface area (Å²) >= 11 is 5.99. The first-order chi connectivity index (χ1) is 8.27. The van der Waals surface area contributed by atoms with Crippen LogP contribution in [0.5, 0.6) is 5.75 Å². The third-order valence-electron chi connectivity index (χ3n) is 2.57. The Morgan fingerprint density at radius 3 is 2.65 bits per heavy atom. The second kappa shape index (κ2) is 7.97. The van der Waals surface area contributed by atoms with Gasteiger partial charge in [-0.3, -0.25) is 0 Å². The maximum atomic E-state index is 8.70. The first kappa shape index (κ1) is 13.9. The lowest BCUT2D eigenvalue weighted by atomic mass is 10.2. The number of rotatable bonds is 7. The van der Waals surface area contributed by atoms with Gasteiger partial charge in [-0.15, -0.1) is 0 Å². The van der Waals surface area contributed by atoms with Gasteiger partial charge >= 0.3 is 0 Å². The number of ether oxygens (including phenoxy) is 1. The van der Waals surface area contributed by atoms with Crippen molar-refractivity contribution in [2.24, 2.45) is 0 Å². The molecule has 0 N–H and O–H groups in total. The summed E-state index contributed by atoms with van der Waals surface area (Å²) in [5, 5.41) is 9.21. The minimum atomic E-state index is 0.512. The third kappa shape index (κ3) is 5.10. The molecule has 0 spiro atoms. The molecule has 17 heavy (non-hydrogen) atoms. The predicted octanol–water partition coefficient (Wildman–Crippen LogP) is 4.56. The van der Waals surface area contributed by atoms with Crippen LogP contribution >= 0.6 is 11.6 Å². The van der Waals surface area contributed by atoms with E-state index in [0.29, 0.717) is 22.9 Å². The van der Waals surface area contributed by atoms with E-state index in [-0.39, 0.29) is 0 Å². The van der Waals surface area contributed by atoms with Gasteiger partial charge in [0.25, 0.3) is 0 Å². The highest BCUT2D eigenvalue weighted by atomic mass is 35.5. The van der Waals surface area contributed by atoms with Crippen molar-refractivity contribution in [2.45, 2.75) is 39.0 Å². The summed E-state index contributed by atoms with van der Waals surface area (Å²) in [7, 11) is 0. The third-order valence-corrected chi connectivity index (χ3v) is 2.86. The maximum Gasteiger partial charge on any atom is 0.137 e. The summed E-state index contributed by atoms with van der Waals surface area (Å²) in [5.74, 6) is 0.668. The molecule has 0 aliphatic heterocycles. The van der Waals surface area contributed by atoms with Gasteiger partial charge in [-0.2, -0.15) is 5.26 Å². The lowest BCUT2D eigenvalue weighted by molar-refractivity contribution is 0.304. The van der Waals surface area contributed by atoms with Crippen LogP contribution in [0.4, 0.5) is 0 Å². The molecule has 1 aromatic rings. The SMILES string of the molecule is CCCCCCCOc1ccc(C#N)cc1Cl. The highest BCUT2D eigenvalue weighted by Crippen LogP contribution is 2.25. The van der Waals surface area contributed by atoms with Gasteiger partial charge in [-0.1, -0.05) is 44.2 Å². The molecule has 1 aromatic carbocycles. The average Bonchev–Trinajstić information content (AvgIpc) is 2.35. The average molecular weight is 252 g/mol. The predicted molar refractivity (Wildman–Crippen MR) is 70.4 cm³/mol. The highest BCUT2D eigenvalue weighted by molar-refractivity contribution is 6.32. The molecule has 0 saturated carbocycles. The molecule has 0 radical (unpaired) electrons. The number of halogens is 1. The van der Waals surface area contributed by atoms with Gasteiger partial charge in [0.05, 0.1) is 23.3 Å². The Balaban J connectivity index is 2.30. The van der Waals surface area contributed by atoms with E-state index in [9.17, 15) is 0 Å². The Morgan fingerprint density at radius 1 is 1.24 bits per heavy atom. The Morgan fingerprint density at radius 2 is 2.00 bits per heavy atom. The molecular weight excluding hydrogens is 234 g/mol. The van der Waals surface area contributed by atoms with E-state index in [1.165, 1.54) is 25.7 Å². The first-order valence-corrected chi connectivity index (χ1v) is 6.48. The number of hydrogen-bond acceptors (Lipinski definition) is 2. The molecule has 0 heterocycles. The molecule has 0 fully saturated rings. The van der Waals surface area contributed by atoms with Gasteiger partial charge in [0.1, 0.15) is 5.75 Å². The van der Waals surface area contributed by atoms with Crippen molar-refractivity contribution in [1.82, 2.24) is 0 Å². The molecule has 0 bridgehead atoms. The fourth-order valence-corrected chi connectivity index (χ4v) is 1.81. The van der Waals surface area contributed by atoms with Crippen LogP contribution in [0.1, 0.15) is 44.6 Å². The van der Waals surface area contributed by atoms with E-state index in [4.69, 9.17) is 21.6 Å². The summed E-state index contributed by atoms with van der Waals surface area (Å²) < 4.78 is 5.58. The zero-order valence-corrected chi connectivity index (χ0v) is 11.0. The van der Waals surface area contributed by atoms with Crippen molar-refractivity contribution in [3.8, 4) is 11.8 Å². The molecule has 92 valence electrons. The molecule has 0 unspecified atom stereocenters. The maximum absolute atomic E-state index is 8.70. The number of unbranched alkanes of at least 4 members (excludes halogenated alkanes) is 4. The van der Waals surface area contributed by atoms with E-state index in [1.54, 1.807) is 18.2 Å². The van der Waals surface area contributed by atoms with Crippen molar-refractivity contribution >= 4 is 11.6 Å². The lowest BCUT2D eigenvalue weighted by Crippen LogP contribution is -1.98. The summed E-state index contributed by atoms with van der Waals surface area (Å²) in [5.41, 5.74) is 0.560. The van der Waals surface area contributed by atoms with Crippen LogP contribution in [0, 0.1) is 11.3 Å². The minimum Gasteiger partial charge on any atom is -0.492 e. The van der Waals surface area contributed by atoms with Crippen LogP contribution in [0.2, 0.25) is 5.02 Å². The van der Waals surface area contributed by atoms with Crippen LogP contribution in [-0.2, 0) is 0 Å². The Bertz CT molecular complexity index is 384. The van der Waals surface area contributed by atoms with Crippen LogP contribution in [0.3, 0.4) is 0 Å². The molecule has 0 aromatic heterocycles. The van der Waals surface area contributed by atoms with Gasteiger partial charge in [0.15, 0.2) is 0 Å². The second-order valence-electron chi connectivity index (χ2n) is 4.02. The Hall–Kier alpha value is -1.20. The van der Waals surface area contributed by atoms with E-state index in [0.717, 1.165) is 6.42 Å². The van der Waals surface area contributed by atoms with Crippen LogP contribution in [0.15, 0.2) is 18.2 Å². The monoisotopic (exact) mass is 251 g/mol. The van der Waals surface area contributed by atoms with Crippen LogP contribution < -0.4 is 4.74 Å². The Labute approximate surface area is 108 Å². The van der Waals surface area contributed by atoms with E-state index < -0.39 is 0 Å². The summed E-state index contributed by atoms with van der Waals surface area (Å²) in [4.78, 5) is 0. The first-order valence-electron chi connectivity index (χ1n) is 6.10. The molecule has 0 aliphatic carbocycles. The van der Waals surface area contributed by atoms with Crippen molar-refractivity contribution in [3.05, 3.63) is 28.8 Å². The van der Waals surface area contributed by atoms with Crippen molar-refractivity contribution in [1.29, 1.82) is 5.26 Å². The lowest BCUT2D eigenvalue weighted by Gasteiger charge is -2.07. The van der Waals surface area contributed by atoms with E-state index in [1.807, 2.05) is 6.07 Å². The number of nitrogens with zero attached hydrogens (tertiary/aromatic N) is 1. The van der Waals surface area contributed by atoms with Crippen LogP contribution in [0.25, 0.3) is 0 Å². The van der Waals surface area contributed by atoms with Gasteiger partial charge in [-0.25, -0.2) is 0 Å². The molecule has 2 nitrogen and oxygen atoms in total. The molecule has 0 saturated heterocycles. The summed E-state index contributed by atoms with van der Waals surface area (Å²) in [6, 6.07) is 7.16. The zero-order valence-electron chi connectivity index (χ0n) is 10.2. The molecule has 0 aliphatic rings. The standard InChI is InChI=1S/C14H18ClNO/c1-2-3-4-5-6-9-17-14-8-7-12(11-16)10-13(14)15/h7-8,10H,2-6,9H2,1H3. The van der Waals surface area contributed by atoms with Crippen molar-refractivity contribution < 1.29 is 4.74 Å². The molecule has 0 amide bonds. The summed E-state index contributed by atoms with van der Waals surface area (Å²) in [6.07, 6.45) is 6.05. The summed E-state index contributed by atoms with van der Waals surface area (Å²) in [6.45, 7) is 2.89. The fraction of sp³-hybridized carbons (Fsp3) is 0.500. The fourth-order valence-electron chi connectivity index (χ4n) is 1.58. The highest BCUT2D eigenvalue weighted by Gasteiger charge is 2.02. The Kier molecular flexibility index (Phi) is 6.50. The smallest absolute Gasteiger partial charge is 0.137 e.